The number of aliphatic hydroxyl groups excluding tert-OH is 1. The zero-order valence-corrected chi connectivity index (χ0v) is 11.8. The number of rotatable bonds is 3. The van der Waals surface area contributed by atoms with Crippen LogP contribution in [0.3, 0.4) is 0 Å². The first-order valence-corrected chi connectivity index (χ1v) is 8.02. The van der Waals surface area contributed by atoms with E-state index in [4.69, 9.17) is 4.74 Å². The van der Waals surface area contributed by atoms with Gasteiger partial charge in [0.1, 0.15) is 0 Å². The zero-order chi connectivity index (χ0) is 12.6. The highest BCUT2D eigenvalue weighted by atomic mass is 16.5. The number of aliphatic hydroxyl groups is 1. The SMILES string of the molecule is CCC1(C(O)C2CCOC3(CCC3)C2)CCCC1. The van der Waals surface area contributed by atoms with E-state index in [1.807, 2.05) is 0 Å². The van der Waals surface area contributed by atoms with Gasteiger partial charge < -0.3 is 9.84 Å². The molecule has 1 saturated heterocycles. The summed E-state index contributed by atoms with van der Waals surface area (Å²) in [6, 6.07) is 0. The summed E-state index contributed by atoms with van der Waals surface area (Å²) in [5.41, 5.74) is 0.421. The highest BCUT2D eigenvalue weighted by Crippen LogP contribution is 2.51. The summed E-state index contributed by atoms with van der Waals surface area (Å²) in [6.45, 7) is 3.15. The van der Waals surface area contributed by atoms with Crippen LogP contribution in [0.4, 0.5) is 0 Å². The zero-order valence-electron chi connectivity index (χ0n) is 11.8. The standard InChI is InChI=1S/C16H28O2/c1-2-15(7-3-4-8-15)14(17)13-6-11-18-16(12-13)9-5-10-16/h13-14,17H,2-12H2,1H3. The van der Waals surface area contributed by atoms with E-state index in [2.05, 4.69) is 6.92 Å². The van der Waals surface area contributed by atoms with Crippen LogP contribution in [0.15, 0.2) is 0 Å². The van der Waals surface area contributed by atoms with Gasteiger partial charge in [0.15, 0.2) is 0 Å². The summed E-state index contributed by atoms with van der Waals surface area (Å²) in [6.07, 6.45) is 12.2. The minimum atomic E-state index is -0.0774. The summed E-state index contributed by atoms with van der Waals surface area (Å²) in [4.78, 5) is 0. The van der Waals surface area contributed by atoms with Gasteiger partial charge in [-0.15, -0.1) is 0 Å². The van der Waals surface area contributed by atoms with Crippen molar-refractivity contribution >= 4 is 0 Å². The lowest BCUT2D eigenvalue weighted by atomic mass is 9.65. The molecule has 0 aromatic heterocycles. The van der Waals surface area contributed by atoms with E-state index in [1.54, 1.807) is 0 Å². The van der Waals surface area contributed by atoms with Gasteiger partial charge in [-0.2, -0.15) is 0 Å². The van der Waals surface area contributed by atoms with Crippen molar-refractivity contribution in [3.05, 3.63) is 0 Å². The molecule has 18 heavy (non-hydrogen) atoms. The van der Waals surface area contributed by atoms with Crippen LogP contribution in [0.1, 0.15) is 71.1 Å². The third kappa shape index (κ3) is 2.02. The highest BCUT2D eigenvalue weighted by Gasteiger charge is 2.49. The van der Waals surface area contributed by atoms with Gasteiger partial charge in [-0.1, -0.05) is 19.8 Å². The minimum absolute atomic E-state index is 0.0774. The molecule has 2 aliphatic carbocycles. The predicted octanol–water partition coefficient (Wildman–Crippen LogP) is 3.67. The molecule has 0 bridgehead atoms. The molecule has 0 amide bonds. The molecule has 3 aliphatic rings. The molecular formula is C16H28O2. The maximum absolute atomic E-state index is 10.9. The van der Waals surface area contributed by atoms with Crippen molar-refractivity contribution in [2.24, 2.45) is 11.3 Å². The van der Waals surface area contributed by atoms with Gasteiger partial charge in [-0.25, -0.2) is 0 Å². The summed E-state index contributed by atoms with van der Waals surface area (Å²) in [5.74, 6) is 0.497. The van der Waals surface area contributed by atoms with E-state index >= 15 is 0 Å². The molecule has 3 fully saturated rings. The third-order valence-electron chi connectivity index (χ3n) is 6.17. The Labute approximate surface area is 111 Å². The topological polar surface area (TPSA) is 29.5 Å². The average molecular weight is 252 g/mol. The Morgan fingerprint density at radius 1 is 1.17 bits per heavy atom. The van der Waals surface area contributed by atoms with Gasteiger partial charge in [0.05, 0.1) is 11.7 Å². The second kappa shape index (κ2) is 4.79. The molecule has 0 aromatic rings. The van der Waals surface area contributed by atoms with Crippen molar-refractivity contribution in [3.63, 3.8) is 0 Å². The lowest BCUT2D eigenvalue weighted by Gasteiger charge is -2.50. The maximum Gasteiger partial charge on any atom is 0.0686 e. The molecule has 2 saturated carbocycles. The Morgan fingerprint density at radius 2 is 1.89 bits per heavy atom. The molecule has 1 aliphatic heterocycles. The van der Waals surface area contributed by atoms with Gasteiger partial charge >= 0.3 is 0 Å². The minimum Gasteiger partial charge on any atom is -0.392 e. The fourth-order valence-corrected chi connectivity index (χ4v) is 4.69. The van der Waals surface area contributed by atoms with Crippen molar-refractivity contribution < 1.29 is 9.84 Å². The summed E-state index contributed by atoms with van der Waals surface area (Å²) in [5, 5.41) is 10.9. The van der Waals surface area contributed by atoms with Gasteiger partial charge in [0.25, 0.3) is 0 Å². The molecule has 2 nitrogen and oxygen atoms in total. The monoisotopic (exact) mass is 252 g/mol. The first-order chi connectivity index (χ1) is 8.70. The quantitative estimate of drug-likeness (QED) is 0.830. The molecule has 2 heteroatoms. The van der Waals surface area contributed by atoms with Crippen molar-refractivity contribution in [1.82, 2.24) is 0 Å². The van der Waals surface area contributed by atoms with Crippen LogP contribution in [0.2, 0.25) is 0 Å². The molecule has 104 valence electrons. The molecule has 1 N–H and O–H groups in total. The predicted molar refractivity (Wildman–Crippen MR) is 72.5 cm³/mol. The van der Waals surface area contributed by atoms with Gasteiger partial charge in [0.2, 0.25) is 0 Å². The maximum atomic E-state index is 10.9. The third-order valence-corrected chi connectivity index (χ3v) is 6.17. The Balaban J connectivity index is 1.69. The molecule has 1 heterocycles. The van der Waals surface area contributed by atoms with Gasteiger partial charge in [0, 0.05) is 6.61 Å². The molecular weight excluding hydrogens is 224 g/mol. The smallest absolute Gasteiger partial charge is 0.0686 e. The normalized spacial score (nSPS) is 35.3. The van der Waals surface area contributed by atoms with Crippen molar-refractivity contribution in [2.45, 2.75) is 82.8 Å². The van der Waals surface area contributed by atoms with E-state index in [0.29, 0.717) is 5.92 Å². The summed E-state index contributed by atoms with van der Waals surface area (Å²) < 4.78 is 6.00. The fraction of sp³-hybridized carbons (Fsp3) is 1.00. The van der Waals surface area contributed by atoms with E-state index < -0.39 is 0 Å². The second-order valence-electron chi connectivity index (χ2n) is 7.01. The number of hydrogen-bond donors (Lipinski definition) is 1. The molecule has 0 radical (unpaired) electrons. The van der Waals surface area contributed by atoms with E-state index in [0.717, 1.165) is 25.9 Å². The van der Waals surface area contributed by atoms with Crippen molar-refractivity contribution in [1.29, 1.82) is 0 Å². The van der Waals surface area contributed by atoms with E-state index in [9.17, 15) is 5.11 Å². The van der Waals surface area contributed by atoms with Crippen LogP contribution in [0, 0.1) is 11.3 Å². The fourth-order valence-electron chi connectivity index (χ4n) is 4.69. The molecule has 3 rings (SSSR count). The first kappa shape index (κ1) is 12.9. The first-order valence-electron chi connectivity index (χ1n) is 8.02. The molecule has 0 aromatic carbocycles. The van der Waals surface area contributed by atoms with Crippen LogP contribution in [-0.4, -0.2) is 23.4 Å². The Bertz CT molecular complexity index is 289. The van der Waals surface area contributed by atoms with Crippen LogP contribution >= 0.6 is 0 Å². The molecule has 1 spiro atoms. The molecule has 2 unspecified atom stereocenters. The van der Waals surface area contributed by atoms with Crippen LogP contribution < -0.4 is 0 Å². The van der Waals surface area contributed by atoms with Gasteiger partial charge in [-0.05, 0) is 62.7 Å². The second-order valence-corrected chi connectivity index (χ2v) is 7.01. The number of hydrogen-bond acceptors (Lipinski definition) is 2. The van der Waals surface area contributed by atoms with Gasteiger partial charge in [-0.3, -0.25) is 0 Å². The Morgan fingerprint density at radius 3 is 2.44 bits per heavy atom. The van der Waals surface area contributed by atoms with Crippen LogP contribution in [-0.2, 0) is 4.74 Å². The van der Waals surface area contributed by atoms with E-state index in [1.165, 1.54) is 44.9 Å². The summed E-state index contributed by atoms with van der Waals surface area (Å²) >= 11 is 0. The van der Waals surface area contributed by atoms with E-state index in [-0.39, 0.29) is 17.1 Å². The lowest BCUT2D eigenvalue weighted by molar-refractivity contribution is -0.169. The highest BCUT2D eigenvalue weighted by molar-refractivity contribution is 5.00. The molecule has 2 atom stereocenters. The Kier molecular flexibility index (Phi) is 3.44. The van der Waals surface area contributed by atoms with Crippen molar-refractivity contribution in [3.8, 4) is 0 Å². The average Bonchev–Trinajstić information content (AvgIpc) is 2.86. The van der Waals surface area contributed by atoms with Crippen molar-refractivity contribution in [2.75, 3.05) is 6.61 Å². The van der Waals surface area contributed by atoms with Crippen LogP contribution in [0.25, 0.3) is 0 Å². The lowest BCUT2D eigenvalue weighted by Crippen LogP contribution is -2.50. The van der Waals surface area contributed by atoms with Crippen LogP contribution in [0.5, 0.6) is 0 Å². The summed E-state index contributed by atoms with van der Waals surface area (Å²) in [7, 11) is 0. The number of ether oxygens (including phenoxy) is 1. The Hall–Kier alpha value is -0.0800. The largest absolute Gasteiger partial charge is 0.392 e.